The average Bonchev–Trinajstić information content (AvgIpc) is 2.30. The van der Waals surface area contributed by atoms with E-state index in [0.29, 0.717) is 0 Å². The number of hydrogen-bond acceptors (Lipinski definition) is 3. The van der Waals surface area contributed by atoms with Crippen LogP contribution in [0.15, 0.2) is 24.5 Å². The molecule has 2 heterocycles. The van der Waals surface area contributed by atoms with Gasteiger partial charge in [0.2, 0.25) is 0 Å². The summed E-state index contributed by atoms with van der Waals surface area (Å²) >= 11 is 0. The fourth-order valence-electron chi connectivity index (χ4n) is 2.28. The van der Waals surface area contributed by atoms with Crippen molar-refractivity contribution in [3.05, 3.63) is 24.5 Å². The van der Waals surface area contributed by atoms with Gasteiger partial charge in [0.1, 0.15) is 0 Å². The van der Waals surface area contributed by atoms with Crippen molar-refractivity contribution in [1.29, 1.82) is 0 Å². The van der Waals surface area contributed by atoms with Crippen LogP contribution in [-0.2, 0) is 4.79 Å². The highest BCUT2D eigenvalue weighted by molar-refractivity contribution is 5.68. The molecule has 4 heteroatoms. The van der Waals surface area contributed by atoms with Crippen molar-refractivity contribution in [2.24, 2.45) is 0 Å². The predicted molar refractivity (Wildman–Crippen MR) is 61.5 cm³/mol. The SMILES string of the molecule is O=C(O)CC1CCCCN1c1cccnc1. The van der Waals surface area contributed by atoms with E-state index in [1.165, 1.54) is 0 Å². The van der Waals surface area contributed by atoms with E-state index in [1.807, 2.05) is 12.1 Å². The van der Waals surface area contributed by atoms with Crippen LogP contribution in [0.2, 0.25) is 0 Å². The normalized spacial score (nSPS) is 20.8. The first-order valence-electron chi connectivity index (χ1n) is 5.66. The van der Waals surface area contributed by atoms with Crippen molar-refractivity contribution in [2.75, 3.05) is 11.4 Å². The van der Waals surface area contributed by atoms with Crippen molar-refractivity contribution in [1.82, 2.24) is 4.98 Å². The van der Waals surface area contributed by atoms with E-state index >= 15 is 0 Å². The Morgan fingerprint density at radius 2 is 2.44 bits per heavy atom. The minimum absolute atomic E-state index is 0.121. The van der Waals surface area contributed by atoms with Gasteiger partial charge in [-0.25, -0.2) is 0 Å². The summed E-state index contributed by atoms with van der Waals surface area (Å²) in [7, 11) is 0. The van der Waals surface area contributed by atoms with Crippen LogP contribution < -0.4 is 4.90 Å². The van der Waals surface area contributed by atoms with E-state index < -0.39 is 5.97 Å². The minimum atomic E-state index is -0.721. The fourth-order valence-corrected chi connectivity index (χ4v) is 2.28. The monoisotopic (exact) mass is 220 g/mol. The second kappa shape index (κ2) is 4.96. The third-order valence-electron chi connectivity index (χ3n) is 3.01. The molecule has 16 heavy (non-hydrogen) atoms. The number of piperidine rings is 1. The Kier molecular flexibility index (Phi) is 3.39. The van der Waals surface area contributed by atoms with E-state index in [9.17, 15) is 4.79 Å². The fraction of sp³-hybridized carbons (Fsp3) is 0.500. The second-order valence-corrected chi connectivity index (χ2v) is 4.15. The van der Waals surface area contributed by atoms with Gasteiger partial charge in [-0.1, -0.05) is 0 Å². The summed E-state index contributed by atoms with van der Waals surface area (Å²) in [4.78, 5) is 17.1. The number of rotatable bonds is 3. The molecule has 1 unspecified atom stereocenters. The zero-order valence-electron chi connectivity index (χ0n) is 9.17. The highest BCUT2D eigenvalue weighted by Crippen LogP contribution is 2.25. The standard InChI is InChI=1S/C12H16N2O2/c15-12(16)8-10-4-1-2-7-14(10)11-5-3-6-13-9-11/h3,5-6,9-10H,1-2,4,7-8H2,(H,15,16). The number of anilines is 1. The number of carboxylic acid groups (broad SMARTS) is 1. The lowest BCUT2D eigenvalue weighted by Gasteiger charge is -2.36. The van der Waals surface area contributed by atoms with E-state index in [1.54, 1.807) is 12.4 Å². The Hall–Kier alpha value is -1.58. The second-order valence-electron chi connectivity index (χ2n) is 4.15. The highest BCUT2D eigenvalue weighted by Gasteiger charge is 2.24. The lowest BCUT2D eigenvalue weighted by molar-refractivity contribution is -0.137. The largest absolute Gasteiger partial charge is 0.481 e. The topological polar surface area (TPSA) is 53.4 Å². The third kappa shape index (κ3) is 2.51. The summed E-state index contributed by atoms with van der Waals surface area (Å²) in [6.45, 7) is 0.934. The van der Waals surface area contributed by atoms with Gasteiger partial charge >= 0.3 is 5.97 Å². The van der Waals surface area contributed by atoms with Gasteiger partial charge in [-0.05, 0) is 31.4 Å². The predicted octanol–water partition coefficient (Wildman–Crippen LogP) is 1.92. The Morgan fingerprint density at radius 3 is 3.12 bits per heavy atom. The van der Waals surface area contributed by atoms with E-state index in [2.05, 4.69) is 9.88 Å². The zero-order valence-corrected chi connectivity index (χ0v) is 9.17. The van der Waals surface area contributed by atoms with Gasteiger partial charge in [-0.3, -0.25) is 9.78 Å². The van der Waals surface area contributed by atoms with Gasteiger partial charge in [-0.2, -0.15) is 0 Å². The number of carboxylic acids is 1. The van der Waals surface area contributed by atoms with Gasteiger partial charge in [0.05, 0.1) is 18.3 Å². The van der Waals surface area contributed by atoms with Crippen LogP contribution >= 0.6 is 0 Å². The van der Waals surface area contributed by atoms with E-state index in [4.69, 9.17) is 5.11 Å². The van der Waals surface area contributed by atoms with Crippen molar-refractivity contribution in [3.8, 4) is 0 Å². The lowest BCUT2D eigenvalue weighted by atomic mass is 9.99. The van der Waals surface area contributed by atoms with Gasteiger partial charge in [-0.15, -0.1) is 0 Å². The van der Waals surface area contributed by atoms with Crippen molar-refractivity contribution in [2.45, 2.75) is 31.7 Å². The average molecular weight is 220 g/mol. The summed E-state index contributed by atoms with van der Waals surface area (Å²) in [5.74, 6) is -0.721. The summed E-state index contributed by atoms with van der Waals surface area (Å²) in [5, 5.41) is 8.89. The number of aromatic nitrogens is 1. The molecule has 0 radical (unpaired) electrons. The van der Waals surface area contributed by atoms with Crippen LogP contribution in [0, 0.1) is 0 Å². The summed E-state index contributed by atoms with van der Waals surface area (Å²) in [6, 6.07) is 4.00. The van der Waals surface area contributed by atoms with E-state index in [-0.39, 0.29) is 12.5 Å². The first kappa shape index (κ1) is 10.9. The molecule has 1 fully saturated rings. The van der Waals surface area contributed by atoms with Gasteiger partial charge in [0.15, 0.2) is 0 Å². The molecule has 0 amide bonds. The van der Waals surface area contributed by atoms with Gasteiger partial charge in [0, 0.05) is 18.8 Å². The maximum atomic E-state index is 10.8. The molecule has 2 rings (SSSR count). The number of pyridine rings is 1. The van der Waals surface area contributed by atoms with E-state index in [0.717, 1.165) is 31.5 Å². The first-order chi connectivity index (χ1) is 7.77. The molecule has 1 aliphatic rings. The molecule has 1 saturated heterocycles. The summed E-state index contributed by atoms with van der Waals surface area (Å²) in [5.41, 5.74) is 1.04. The highest BCUT2D eigenvalue weighted by atomic mass is 16.4. The number of hydrogen-bond donors (Lipinski definition) is 1. The molecule has 0 saturated carbocycles. The lowest BCUT2D eigenvalue weighted by Crippen LogP contribution is -2.40. The molecule has 0 aliphatic carbocycles. The van der Waals surface area contributed by atoms with Crippen molar-refractivity contribution < 1.29 is 9.90 Å². The van der Waals surface area contributed by atoms with Crippen LogP contribution in [0.3, 0.4) is 0 Å². The van der Waals surface area contributed by atoms with Crippen LogP contribution in [-0.4, -0.2) is 28.6 Å². The Bertz CT molecular complexity index is 353. The Balaban J connectivity index is 2.13. The van der Waals surface area contributed by atoms with Crippen molar-refractivity contribution in [3.63, 3.8) is 0 Å². The van der Waals surface area contributed by atoms with Crippen molar-refractivity contribution >= 4 is 11.7 Å². The molecular formula is C12H16N2O2. The molecular weight excluding hydrogens is 204 g/mol. The zero-order chi connectivity index (χ0) is 11.4. The third-order valence-corrected chi connectivity index (χ3v) is 3.01. The molecule has 0 bridgehead atoms. The van der Waals surface area contributed by atoms with Gasteiger partial charge in [0.25, 0.3) is 0 Å². The van der Waals surface area contributed by atoms with Crippen LogP contribution in [0.5, 0.6) is 0 Å². The minimum Gasteiger partial charge on any atom is -0.481 e. The molecule has 1 aromatic rings. The first-order valence-corrected chi connectivity index (χ1v) is 5.66. The maximum Gasteiger partial charge on any atom is 0.305 e. The molecule has 1 aromatic heterocycles. The molecule has 1 N–H and O–H groups in total. The van der Waals surface area contributed by atoms with Crippen LogP contribution in [0.1, 0.15) is 25.7 Å². The molecule has 4 nitrogen and oxygen atoms in total. The molecule has 86 valence electrons. The molecule has 1 aliphatic heterocycles. The Labute approximate surface area is 94.9 Å². The summed E-state index contributed by atoms with van der Waals surface area (Å²) < 4.78 is 0. The number of nitrogens with zero attached hydrogens (tertiary/aromatic N) is 2. The molecule has 0 aromatic carbocycles. The van der Waals surface area contributed by atoms with Gasteiger partial charge < -0.3 is 10.0 Å². The smallest absolute Gasteiger partial charge is 0.305 e. The molecule has 0 spiro atoms. The number of carbonyl (C=O) groups is 1. The van der Waals surface area contributed by atoms with Crippen LogP contribution in [0.4, 0.5) is 5.69 Å². The quantitative estimate of drug-likeness (QED) is 0.845. The Morgan fingerprint density at radius 1 is 1.56 bits per heavy atom. The molecule has 1 atom stereocenters. The number of aliphatic carboxylic acids is 1. The summed E-state index contributed by atoms with van der Waals surface area (Å²) in [6.07, 6.45) is 6.97. The van der Waals surface area contributed by atoms with Crippen LogP contribution in [0.25, 0.3) is 0 Å². The maximum absolute atomic E-state index is 10.8.